The number of piperidine rings is 1. The number of fused-ring (bicyclic) bond motifs is 2. The fraction of sp³-hybridized carbons (Fsp3) is 0.320. The Morgan fingerprint density at radius 2 is 2.06 bits per heavy atom. The number of imidazole rings is 1. The second-order valence-corrected chi connectivity index (χ2v) is 9.59. The molecule has 6 rings (SSSR count). The number of nitrogens with one attached hydrogen (secondary N) is 1. The fourth-order valence-electron chi connectivity index (χ4n) is 4.47. The van der Waals surface area contributed by atoms with E-state index in [9.17, 15) is 4.79 Å². The summed E-state index contributed by atoms with van der Waals surface area (Å²) in [5.74, 6) is 2.27. The second-order valence-electron chi connectivity index (χ2n) is 8.66. The van der Waals surface area contributed by atoms with Crippen LogP contribution in [0.4, 0.5) is 5.13 Å². The van der Waals surface area contributed by atoms with Crippen molar-refractivity contribution in [1.82, 2.24) is 19.9 Å². The molecule has 1 saturated heterocycles. The van der Waals surface area contributed by atoms with Crippen LogP contribution in [-0.4, -0.2) is 47.5 Å². The zero-order chi connectivity index (χ0) is 23.8. The Morgan fingerprint density at radius 3 is 2.89 bits per heavy atom. The number of rotatable bonds is 6. The molecule has 2 aromatic carbocycles. The predicted octanol–water partition coefficient (Wildman–Crippen LogP) is 3.73. The van der Waals surface area contributed by atoms with Gasteiger partial charge < -0.3 is 24.4 Å². The molecule has 180 valence electrons. The molecule has 0 spiro atoms. The maximum absolute atomic E-state index is 12.9. The Bertz CT molecular complexity index is 1330. The van der Waals surface area contributed by atoms with Crippen LogP contribution >= 0.6 is 11.3 Å². The lowest BCUT2D eigenvalue weighted by atomic mass is 9.97. The van der Waals surface area contributed by atoms with E-state index in [2.05, 4.69) is 10.2 Å². The van der Waals surface area contributed by atoms with Gasteiger partial charge in [-0.1, -0.05) is 17.4 Å². The van der Waals surface area contributed by atoms with Crippen LogP contribution in [-0.2, 0) is 11.3 Å². The molecule has 2 aliphatic rings. The zero-order valence-corrected chi connectivity index (χ0v) is 20.1. The molecule has 2 aliphatic heterocycles. The third-order valence-electron chi connectivity index (χ3n) is 6.38. The zero-order valence-electron chi connectivity index (χ0n) is 19.3. The van der Waals surface area contributed by atoms with Crippen molar-refractivity contribution in [1.29, 1.82) is 0 Å². The first-order valence-electron chi connectivity index (χ1n) is 11.6. The summed E-state index contributed by atoms with van der Waals surface area (Å²) in [5.41, 5.74) is 2.88. The summed E-state index contributed by atoms with van der Waals surface area (Å²) in [7, 11) is 1.65. The predicted molar refractivity (Wildman–Crippen MR) is 132 cm³/mol. The molecule has 4 heterocycles. The lowest BCUT2D eigenvalue weighted by Crippen LogP contribution is -2.43. The van der Waals surface area contributed by atoms with Crippen molar-refractivity contribution >= 4 is 27.3 Å². The summed E-state index contributed by atoms with van der Waals surface area (Å²) >= 11 is 1.55. The molecule has 1 atom stereocenters. The van der Waals surface area contributed by atoms with E-state index in [4.69, 9.17) is 24.3 Å². The molecule has 0 saturated carbocycles. The van der Waals surface area contributed by atoms with Crippen molar-refractivity contribution in [3.8, 4) is 28.5 Å². The Morgan fingerprint density at radius 1 is 1.20 bits per heavy atom. The van der Waals surface area contributed by atoms with Crippen molar-refractivity contribution in [3.63, 3.8) is 0 Å². The highest BCUT2D eigenvalue weighted by atomic mass is 32.1. The standard InChI is InChI=1S/C25H25N5O4S/c1-32-19-7-5-17(6-8-19)20-14-30-24(27-20)35-25(28-30)29-10-2-3-18(13-29)23(31)26-12-16-4-9-21-22(11-16)34-15-33-21/h4-9,11,14,18H,2-3,10,12-13,15H2,1H3,(H,26,31)/t18-/m1/s1. The van der Waals surface area contributed by atoms with Crippen LogP contribution in [0.15, 0.2) is 48.7 Å². The van der Waals surface area contributed by atoms with E-state index < -0.39 is 0 Å². The summed E-state index contributed by atoms with van der Waals surface area (Å²) in [4.78, 5) is 20.7. The van der Waals surface area contributed by atoms with Crippen LogP contribution in [0.1, 0.15) is 18.4 Å². The molecule has 1 amide bonds. The summed E-state index contributed by atoms with van der Waals surface area (Å²) in [6.07, 6.45) is 3.76. The van der Waals surface area contributed by atoms with Gasteiger partial charge in [-0.2, -0.15) is 0 Å². The molecular weight excluding hydrogens is 466 g/mol. The summed E-state index contributed by atoms with van der Waals surface area (Å²) in [6, 6.07) is 13.6. The van der Waals surface area contributed by atoms with Gasteiger partial charge in [-0.25, -0.2) is 9.50 Å². The first-order valence-corrected chi connectivity index (χ1v) is 12.4. The van der Waals surface area contributed by atoms with E-state index in [0.29, 0.717) is 13.1 Å². The smallest absolute Gasteiger partial charge is 0.231 e. The van der Waals surface area contributed by atoms with E-state index >= 15 is 0 Å². The molecule has 0 aliphatic carbocycles. The number of methoxy groups -OCH3 is 1. The highest BCUT2D eigenvalue weighted by Crippen LogP contribution is 2.33. The number of ether oxygens (including phenoxy) is 3. The summed E-state index contributed by atoms with van der Waals surface area (Å²) in [6.45, 7) is 2.24. The van der Waals surface area contributed by atoms with Crippen molar-refractivity contribution in [2.45, 2.75) is 19.4 Å². The van der Waals surface area contributed by atoms with Crippen molar-refractivity contribution < 1.29 is 19.0 Å². The molecule has 10 heteroatoms. The molecule has 0 radical (unpaired) electrons. The molecule has 0 unspecified atom stereocenters. The molecule has 0 bridgehead atoms. The van der Waals surface area contributed by atoms with E-state index in [0.717, 1.165) is 63.5 Å². The number of hydrogen-bond acceptors (Lipinski definition) is 8. The lowest BCUT2D eigenvalue weighted by molar-refractivity contribution is -0.125. The number of hydrogen-bond donors (Lipinski definition) is 1. The van der Waals surface area contributed by atoms with Crippen molar-refractivity contribution in [2.75, 3.05) is 31.9 Å². The van der Waals surface area contributed by atoms with Gasteiger partial charge in [0.1, 0.15) is 5.75 Å². The van der Waals surface area contributed by atoms with Crippen LogP contribution in [0.3, 0.4) is 0 Å². The topological polar surface area (TPSA) is 90.2 Å². The molecule has 4 aromatic rings. The highest BCUT2D eigenvalue weighted by molar-refractivity contribution is 7.20. The number of benzene rings is 2. The molecular formula is C25H25N5O4S. The number of carbonyl (C=O) groups is 1. The molecule has 1 N–H and O–H groups in total. The molecule has 1 fully saturated rings. The van der Waals surface area contributed by atoms with Gasteiger partial charge >= 0.3 is 0 Å². The minimum absolute atomic E-state index is 0.0653. The van der Waals surface area contributed by atoms with Gasteiger partial charge in [-0.3, -0.25) is 4.79 Å². The maximum atomic E-state index is 12.9. The van der Waals surface area contributed by atoms with Gasteiger partial charge in [0, 0.05) is 25.2 Å². The van der Waals surface area contributed by atoms with Crippen LogP contribution in [0, 0.1) is 5.92 Å². The lowest BCUT2D eigenvalue weighted by Gasteiger charge is -2.31. The van der Waals surface area contributed by atoms with Gasteiger partial charge in [0.2, 0.25) is 22.8 Å². The third kappa shape index (κ3) is 4.37. The van der Waals surface area contributed by atoms with Gasteiger partial charge in [-0.15, -0.1) is 5.10 Å². The van der Waals surface area contributed by atoms with Crippen LogP contribution in [0.25, 0.3) is 16.2 Å². The minimum Gasteiger partial charge on any atom is -0.497 e. The van der Waals surface area contributed by atoms with Crippen LogP contribution in [0.5, 0.6) is 17.2 Å². The normalized spacial score (nSPS) is 17.1. The van der Waals surface area contributed by atoms with Crippen molar-refractivity contribution in [3.05, 3.63) is 54.2 Å². The number of carbonyl (C=O) groups excluding carboxylic acids is 1. The SMILES string of the molecule is COc1ccc(-c2cn3nc(N4CCC[C@@H](C(=O)NCc5ccc6c(c5)OCO6)C4)sc3n2)cc1. The largest absolute Gasteiger partial charge is 0.497 e. The Kier molecular flexibility index (Phi) is 5.65. The van der Waals surface area contributed by atoms with E-state index in [1.54, 1.807) is 18.4 Å². The fourth-order valence-corrected chi connectivity index (χ4v) is 5.39. The summed E-state index contributed by atoms with van der Waals surface area (Å²) in [5, 5.41) is 8.73. The number of nitrogens with zero attached hydrogens (tertiary/aromatic N) is 4. The number of anilines is 1. The van der Waals surface area contributed by atoms with Gasteiger partial charge in [0.05, 0.1) is 24.9 Å². The monoisotopic (exact) mass is 491 g/mol. The van der Waals surface area contributed by atoms with Crippen LogP contribution in [0.2, 0.25) is 0 Å². The Balaban J connectivity index is 1.10. The first-order chi connectivity index (χ1) is 17.2. The van der Waals surface area contributed by atoms with Crippen LogP contribution < -0.4 is 24.4 Å². The summed E-state index contributed by atoms with van der Waals surface area (Å²) < 4.78 is 17.8. The van der Waals surface area contributed by atoms with E-state index in [1.165, 1.54) is 0 Å². The quantitative estimate of drug-likeness (QED) is 0.440. The maximum Gasteiger partial charge on any atom is 0.231 e. The molecule has 2 aromatic heterocycles. The average molecular weight is 492 g/mol. The van der Waals surface area contributed by atoms with Gasteiger partial charge in [0.25, 0.3) is 0 Å². The minimum atomic E-state index is -0.0798. The van der Waals surface area contributed by atoms with E-state index in [1.807, 2.05) is 53.2 Å². The Labute approximate surface area is 206 Å². The van der Waals surface area contributed by atoms with Crippen molar-refractivity contribution in [2.24, 2.45) is 5.92 Å². The van der Waals surface area contributed by atoms with Gasteiger partial charge in [0.15, 0.2) is 11.5 Å². The van der Waals surface area contributed by atoms with E-state index in [-0.39, 0.29) is 18.6 Å². The third-order valence-corrected chi connectivity index (χ3v) is 7.37. The molecule has 35 heavy (non-hydrogen) atoms. The Hall–Kier alpha value is -3.79. The number of amides is 1. The number of aromatic nitrogens is 3. The average Bonchev–Trinajstić information content (AvgIpc) is 3.62. The first kappa shape index (κ1) is 21.7. The molecule has 9 nitrogen and oxygen atoms in total. The second kappa shape index (κ2) is 9.10. The van der Waals surface area contributed by atoms with Gasteiger partial charge in [-0.05, 0) is 54.8 Å². The highest BCUT2D eigenvalue weighted by Gasteiger charge is 2.28.